The van der Waals surface area contributed by atoms with Gasteiger partial charge >= 0.3 is 5.97 Å². The topological polar surface area (TPSA) is 78.9 Å². The van der Waals surface area contributed by atoms with E-state index in [1.54, 1.807) is 25.1 Å². The molecule has 1 atom stereocenters. The first kappa shape index (κ1) is 31.3. The van der Waals surface area contributed by atoms with Crippen LogP contribution in [0.5, 0.6) is 11.5 Å². The van der Waals surface area contributed by atoms with E-state index < -0.39 is 25.0 Å². The number of hydrogen-bond acceptors (Lipinski definition) is 6. The van der Waals surface area contributed by atoms with E-state index in [4.69, 9.17) is 14.2 Å². The maximum Gasteiger partial charge on any atom is 0.324 e. The van der Waals surface area contributed by atoms with Gasteiger partial charge in [-0.25, -0.2) is 0 Å². The zero-order valence-electron chi connectivity index (χ0n) is 23.4. The van der Waals surface area contributed by atoms with Gasteiger partial charge in [-0.2, -0.15) is 0 Å². The van der Waals surface area contributed by atoms with Crippen LogP contribution in [0.3, 0.4) is 0 Å². The molecule has 6 nitrogen and oxygen atoms in total. The van der Waals surface area contributed by atoms with E-state index in [1.807, 2.05) is 0 Å². The molecule has 208 valence electrons. The number of ketones is 1. The molecule has 0 amide bonds. The van der Waals surface area contributed by atoms with Crippen LogP contribution in [0.4, 0.5) is 0 Å². The van der Waals surface area contributed by atoms with Crippen LogP contribution >= 0.6 is 8.46 Å². The van der Waals surface area contributed by atoms with Crippen LogP contribution in [0.1, 0.15) is 121 Å². The Bertz CT molecular complexity index is 841. The van der Waals surface area contributed by atoms with E-state index in [9.17, 15) is 14.2 Å². The molecule has 1 aromatic carbocycles. The summed E-state index contributed by atoms with van der Waals surface area (Å²) in [6, 6.07) is 5.18. The van der Waals surface area contributed by atoms with Gasteiger partial charge in [0.05, 0.1) is 26.2 Å². The number of hydrogen-bond donors (Lipinski definition) is 0. The van der Waals surface area contributed by atoms with Gasteiger partial charge in [0, 0.05) is 0 Å². The number of carbonyl (C=O) groups excluding carboxylic acids is 2. The minimum absolute atomic E-state index is 0.261. The first-order valence-electron chi connectivity index (χ1n) is 14.2. The van der Waals surface area contributed by atoms with Crippen molar-refractivity contribution in [3.8, 4) is 11.5 Å². The predicted molar refractivity (Wildman–Crippen MR) is 148 cm³/mol. The maximum atomic E-state index is 14.2. The molecule has 1 fully saturated rings. The molecule has 0 radical (unpaired) electrons. The lowest BCUT2D eigenvalue weighted by atomic mass is 9.61. The lowest BCUT2D eigenvalue weighted by Crippen LogP contribution is -2.54. The molecule has 1 aliphatic rings. The number of carbonyl (C=O) groups is 2. The Hall–Kier alpha value is -1.94. The average Bonchev–Trinajstić information content (AvgIpc) is 2.94. The van der Waals surface area contributed by atoms with E-state index in [1.165, 1.54) is 59.2 Å². The Morgan fingerprint density at radius 1 is 0.865 bits per heavy atom. The van der Waals surface area contributed by atoms with Crippen molar-refractivity contribution in [3.05, 3.63) is 23.8 Å². The number of ether oxygens (including phenoxy) is 3. The molecule has 1 unspecified atom stereocenters. The summed E-state index contributed by atoms with van der Waals surface area (Å²) >= 11 is 0. The molecule has 0 heterocycles. The first-order chi connectivity index (χ1) is 17.9. The normalized spacial score (nSPS) is 16.6. The van der Waals surface area contributed by atoms with Crippen molar-refractivity contribution in [2.45, 2.75) is 115 Å². The lowest BCUT2D eigenvalue weighted by molar-refractivity contribution is -0.150. The quantitative estimate of drug-likeness (QED) is 0.0815. The Labute approximate surface area is 225 Å². The van der Waals surface area contributed by atoms with Crippen molar-refractivity contribution < 1.29 is 28.4 Å². The smallest absolute Gasteiger partial charge is 0.324 e. The van der Waals surface area contributed by atoms with Gasteiger partial charge in [0.2, 0.25) is 0 Å². The minimum Gasteiger partial charge on any atom is -0.496 e. The highest BCUT2D eigenvalue weighted by Crippen LogP contribution is 2.55. The van der Waals surface area contributed by atoms with Gasteiger partial charge in [0.25, 0.3) is 0 Å². The van der Waals surface area contributed by atoms with Crippen molar-refractivity contribution in [1.82, 2.24) is 0 Å². The van der Waals surface area contributed by atoms with Crippen molar-refractivity contribution in [3.63, 3.8) is 0 Å². The van der Waals surface area contributed by atoms with Crippen LogP contribution < -0.4 is 9.47 Å². The number of rotatable bonds is 18. The van der Waals surface area contributed by atoms with Crippen LogP contribution in [0, 0.1) is 5.41 Å². The van der Waals surface area contributed by atoms with E-state index in [0.717, 1.165) is 38.5 Å². The highest BCUT2D eigenvalue weighted by atomic mass is 31.1. The van der Waals surface area contributed by atoms with E-state index in [-0.39, 0.29) is 12.4 Å². The maximum absolute atomic E-state index is 14.2. The Balaban J connectivity index is 2.07. The van der Waals surface area contributed by atoms with Gasteiger partial charge in [-0.05, 0) is 38.3 Å². The van der Waals surface area contributed by atoms with Crippen molar-refractivity contribution >= 4 is 20.2 Å². The monoisotopic (exact) mass is 534 g/mol. The summed E-state index contributed by atoms with van der Waals surface area (Å²) < 4.78 is 29.4. The van der Waals surface area contributed by atoms with Crippen LogP contribution in [0.25, 0.3) is 0 Å². The van der Waals surface area contributed by atoms with Crippen molar-refractivity contribution in [2.75, 3.05) is 20.8 Å². The van der Waals surface area contributed by atoms with Crippen LogP contribution in [0.2, 0.25) is 0 Å². The molecule has 0 saturated heterocycles. The molecule has 0 aromatic heterocycles. The van der Waals surface area contributed by atoms with Gasteiger partial charge in [-0.3, -0.25) is 14.2 Å². The summed E-state index contributed by atoms with van der Waals surface area (Å²) in [5.41, 5.74) is -0.863. The second-order valence-corrected chi connectivity index (χ2v) is 11.6. The molecular formula is C30H47O6P. The second-order valence-electron chi connectivity index (χ2n) is 10.5. The number of methoxy groups -OCH3 is 2. The average molecular weight is 535 g/mol. The summed E-state index contributed by atoms with van der Waals surface area (Å²) in [7, 11) is 2.61. The largest absolute Gasteiger partial charge is 0.496 e. The van der Waals surface area contributed by atoms with E-state index >= 15 is 0 Å². The zero-order chi connectivity index (χ0) is 27.2. The van der Waals surface area contributed by atoms with E-state index in [0.29, 0.717) is 29.9 Å². The van der Waals surface area contributed by atoms with Gasteiger partial charge in [-0.15, -0.1) is 0 Å². The fourth-order valence-corrected chi connectivity index (χ4v) is 6.26. The number of esters is 1. The summed E-state index contributed by atoms with van der Waals surface area (Å²) in [6.45, 7) is 4.13. The molecule has 0 bridgehead atoms. The third-order valence-electron chi connectivity index (χ3n) is 8.04. The van der Waals surface area contributed by atoms with Crippen LogP contribution in [0.15, 0.2) is 18.2 Å². The molecule has 2 rings (SSSR count). The van der Waals surface area contributed by atoms with Crippen LogP contribution in [-0.2, 0) is 14.1 Å². The highest BCUT2D eigenvalue weighted by Gasteiger charge is 2.60. The minimum atomic E-state index is -1.49. The second kappa shape index (κ2) is 16.1. The van der Waals surface area contributed by atoms with Gasteiger partial charge in [-0.1, -0.05) is 90.0 Å². The lowest BCUT2D eigenvalue weighted by Gasteiger charge is -2.44. The fourth-order valence-electron chi connectivity index (χ4n) is 5.62. The first-order valence-corrected chi connectivity index (χ1v) is 15.0. The summed E-state index contributed by atoms with van der Waals surface area (Å²) in [6.07, 6.45) is 15.4. The molecule has 0 spiro atoms. The third-order valence-corrected chi connectivity index (χ3v) is 9.02. The molecular weight excluding hydrogens is 487 g/mol. The third kappa shape index (κ3) is 7.78. The Morgan fingerprint density at radius 3 is 1.86 bits per heavy atom. The zero-order valence-corrected chi connectivity index (χ0v) is 24.3. The van der Waals surface area contributed by atoms with Crippen molar-refractivity contribution in [2.24, 2.45) is 5.41 Å². The summed E-state index contributed by atoms with van der Waals surface area (Å²) in [5, 5.41) is -1.49. The fraction of sp³-hybridized carbons (Fsp3) is 0.733. The molecule has 37 heavy (non-hydrogen) atoms. The highest BCUT2D eigenvalue weighted by molar-refractivity contribution is 7.28. The number of benzene rings is 1. The van der Waals surface area contributed by atoms with E-state index in [2.05, 4.69) is 6.92 Å². The molecule has 7 heteroatoms. The van der Waals surface area contributed by atoms with Crippen molar-refractivity contribution in [1.29, 1.82) is 0 Å². The summed E-state index contributed by atoms with van der Waals surface area (Å²) in [4.78, 5) is 27.7. The van der Waals surface area contributed by atoms with Gasteiger partial charge in [0.15, 0.2) is 19.4 Å². The Kier molecular flexibility index (Phi) is 13.6. The molecule has 1 aliphatic carbocycles. The standard InChI is InChI=1S/C30H47O6P/c1-5-6-7-8-9-10-11-12-13-17-23-36-28(32)29(2,37-33)30(21-15-14-16-22-30)27(31)26-24(34-3)19-18-20-25(26)35-4/h18-20H,5-17,21-23H2,1-4H3. The molecule has 1 aromatic rings. The predicted octanol–water partition coefficient (Wildman–Crippen LogP) is 8.35. The van der Waals surface area contributed by atoms with Gasteiger partial charge in [0.1, 0.15) is 17.1 Å². The SMILES string of the molecule is CCCCCCCCCCCCOC(=O)C(C)(P=O)C1(C(=O)c2c(OC)cccc2OC)CCCCC1. The number of Topliss-reactive ketones (excluding diaryl/α,β-unsaturated/α-hetero) is 1. The molecule has 1 saturated carbocycles. The number of unbranched alkanes of at least 4 members (excludes halogenated alkanes) is 9. The van der Waals surface area contributed by atoms with Gasteiger partial charge < -0.3 is 14.2 Å². The molecule has 0 N–H and O–H groups in total. The Morgan fingerprint density at radius 2 is 1.38 bits per heavy atom. The summed E-state index contributed by atoms with van der Waals surface area (Å²) in [5.74, 6) is -0.0525. The van der Waals surface area contributed by atoms with Crippen LogP contribution in [-0.4, -0.2) is 37.7 Å². The molecule has 0 aliphatic heterocycles.